The third kappa shape index (κ3) is 11.8. The molecule has 0 spiro atoms. The van der Waals surface area contributed by atoms with Crippen LogP contribution >= 0.6 is 0 Å². The summed E-state index contributed by atoms with van der Waals surface area (Å²) < 4.78 is 20.7. The van der Waals surface area contributed by atoms with Crippen LogP contribution in [-0.4, -0.2) is 21.8 Å². The standard InChI is InChI=1S/C28H37NO4S/c1-5-9-16-27(34(32)29-21-28(30)31)17-13-11-10-12-15-26(8-4)33-22-23-18-19-24(7-3)25(20-23)14-6-2/h6-8,12-20,29H,3,5,9-11,21-22H2,1-2,4H3,(H,30,31)/b14-6-,15-12-,17-13-,26-8+,27-16+. The van der Waals surface area contributed by atoms with Crippen LogP contribution in [0.2, 0.25) is 0 Å². The first-order valence-corrected chi connectivity index (χ1v) is 12.7. The number of aliphatic carboxylic acids is 1. The zero-order valence-electron chi connectivity index (χ0n) is 20.5. The van der Waals surface area contributed by atoms with Gasteiger partial charge in [-0.2, -0.15) is 0 Å². The van der Waals surface area contributed by atoms with Crippen LogP contribution in [0.25, 0.3) is 12.2 Å². The molecule has 0 aliphatic heterocycles. The van der Waals surface area contributed by atoms with Gasteiger partial charge in [-0.1, -0.05) is 68.5 Å². The average molecular weight is 484 g/mol. The quantitative estimate of drug-likeness (QED) is 0.156. The van der Waals surface area contributed by atoms with Crippen molar-refractivity contribution in [3.63, 3.8) is 0 Å². The van der Waals surface area contributed by atoms with Gasteiger partial charge in [0.15, 0.2) is 0 Å². The van der Waals surface area contributed by atoms with E-state index >= 15 is 0 Å². The molecule has 0 fully saturated rings. The minimum Gasteiger partial charge on any atom is -0.489 e. The van der Waals surface area contributed by atoms with Gasteiger partial charge >= 0.3 is 5.97 Å². The van der Waals surface area contributed by atoms with E-state index in [0.29, 0.717) is 11.5 Å². The van der Waals surface area contributed by atoms with Gasteiger partial charge in [0, 0.05) is 4.91 Å². The second-order valence-electron chi connectivity index (χ2n) is 7.41. The van der Waals surface area contributed by atoms with Gasteiger partial charge in [-0.3, -0.25) is 4.79 Å². The summed E-state index contributed by atoms with van der Waals surface area (Å²) in [5.41, 5.74) is 3.30. The van der Waals surface area contributed by atoms with Crippen molar-refractivity contribution in [3.8, 4) is 0 Å². The zero-order chi connectivity index (χ0) is 25.2. The normalized spacial score (nSPS) is 13.7. The smallest absolute Gasteiger partial charge is 0.318 e. The fourth-order valence-corrected chi connectivity index (χ4v) is 3.82. The molecule has 34 heavy (non-hydrogen) atoms. The Morgan fingerprint density at radius 3 is 2.50 bits per heavy atom. The summed E-state index contributed by atoms with van der Waals surface area (Å²) in [5.74, 6) is -0.238. The number of allylic oxidation sites excluding steroid dienone is 7. The van der Waals surface area contributed by atoms with Crippen molar-refractivity contribution in [2.45, 2.75) is 53.1 Å². The van der Waals surface area contributed by atoms with E-state index in [9.17, 15) is 9.00 Å². The Balaban J connectivity index is 2.59. The maximum Gasteiger partial charge on any atom is 0.318 e. The van der Waals surface area contributed by atoms with Gasteiger partial charge in [-0.25, -0.2) is 8.93 Å². The van der Waals surface area contributed by atoms with Crippen LogP contribution in [0.4, 0.5) is 0 Å². The third-order valence-electron chi connectivity index (χ3n) is 4.67. The molecule has 0 heterocycles. The lowest BCUT2D eigenvalue weighted by atomic mass is 10.0. The van der Waals surface area contributed by atoms with Crippen molar-refractivity contribution in [1.82, 2.24) is 4.72 Å². The van der Waals surface area contributed by atoms with E-state index in [1.807, 2.05) is 75.4 Å². The second-order valence-corrected chi connectivity index (χ2v) is 8.71. The first-order chi connectivity index (χ1) is 16.4. The van der Waals surface area contributed by atoms with Gasteiger partial charge in [-0.05, 0) is 74.1 Å². The first-order valence-electron chi connectivity index (χ1n) is 11.5. The van der Waals surface area contributed by atoms with E-state index in [1.54, 1.807) is 6.08 Å². The summed E-state index contributed by atoms with van der Waals surface area (Å²) in [7, 11) is -1.54. The predicted molar refractivity (Wildman–Crippen MR) is 144 cm³/mol. The number of carbonyl (C=O) groups is 1. The van der Waals surface area contributed by atoms with Crippen molar-refractivity contribution < 1.29 is 18.8 Å². The minimum absolute atomic E-state index is 0.339. The molecule has 5 nitrogen and oxygen atoms in total. The van der Waals surface area contributed by atoms with E-state index in [2.05, 4.69) is 23.4 Å². The Kier molecular flexibility index (Phi) is 15.0. The molecule has 1 aromatic rings. The molecule has 0 aliphatic carbocycles. The van der Waals surface area contributed by atoms with Crippen molar-refractivity contribution in [3.05, 3.63) is 94.7 Å². The lowest BCUT2D eigenvalue weighted by Crippen LogP contribution is -2.25. The van der Waals surface area contributed by atoms with Crippen LogP contribution in [-0.2, 0) is 27.1 Å². The fourth-order valence-electron chi connectivity index (χ4n) is 2.91. The highest BCUT2D eigenvalue weighted by Crippen LogP contribution is 2.17. The Hall–Kier alpha value is -2.96. The number of carboxylic acids is 1. The number of hydrogen-bond acceptors (Lipinski definition) is 3. The van der Waals surface area contributed by atoms with Gasteiger partial charge in [0.1, 0.15) is 29.9 Å². The highest BCUT2D eigenvalue weighted by molar-refractivity contribution is 7.87. The predicted octanol–water partition coefficient (Wildman–Crippen LogP) is 6.70. The van der Waals surface area contributed by atoms with Gasteiger partial charge < -0.3 is 9.84 Å². The summed E-state index contributed by atoms with van der Waals surface area (Å²) in [6.45, 7) is 9.97. The highest BCUT2D eigenvalue weighted by Gasteiger charge is 2.06. The molecule has 184 valence electrons. The van der Waals surface area contributed by atoms with E-state index in [0.717, 1.165) is 48.1 Å². The maximum absolute atomic E-state index is 12.3. The number of nitrogens with one attached hydrogen (secondary N) is 1. The van der Waals surface area contributed by atoms with Crippen molar-refractivity contribution in [2.24, 2.45) is 0 Å². The van der Waals surface area contributed by atoms with Crippen LogP contribution in [0.5, 0.6) is 0 Å². The lowest BCUT2D eigenvalue weighted by Gasteiger charge is -2.09. The Labute approximate surface area is 206 Å². The van der Waals surface area contributed by atoms with Crippen LogP contribution in [0.1, 0.15) is 63.1 Å². The minimum atomic E-state index is -1.54. The molecule has 0 saturated carbocycles. The summed E-state index contributed by atoms with van der Waals surface area (Å²) >= 11 is 0. The van der Waals surface area contributed by atoms with E-state index in [1.165, 1.54) is 0 Å². The molecule has 0 aliphatic rings. The molecule has 0 bridgehead atoms. The topological polar surface area (TPSA) is 75.6 Å². The van der Waals surface area contributed by atoms with E-state index in [4.69, 9.17) is 9.84 Å². The summed E-state index contributed by atoms with van der Waals surface area (Å²) in [6, 6.07) is 6.20. The largest absolute Gasteiger partial charge is 0.489 e. The summed E-state index contributed by atoms with van der Waals surface area (Å²) in [5, 5.41) is 8.75. The molecular weight excluding hydrogens is 446 g/mol. The third-order valence-corrected chi connectivity index (χ3v) is 5.81. The monoisotopic (exact) mass is 483 g/mol. The Morgan fingerprint density at radius 1 is 1.15 bits per heavy atom. The van der Waals surface area contributed by atoms with Gasteiger partial charge in [0.2, 0.25) is 0 Å². The Bertz CT molecular complexity index is 971. The summed E-state index contributed by atoms with van der Waals surface area (Å²) in [6.07, 6.45) is 20.8. The van der Waals surface area contributed by atoms with E-state index in [-0.39, 0.29) is 6.54 Å². The molecule has 0 radical (unpaired) electrons. The average Bonchev–Trinajstić information content (AvgIpc) is 2.83. The molecule has 2 N–H and O–H groups in total. The molecule has 1 atom stereocenters. The van der Waals surface area contributed by atoms with Crippen LogP contribution in [0.15, 0.2) is 78.0 Å². The molecule has 1 unspecified atom stereocenters. The lowest BCUT2D eigenvalue weighted by molar-refractivity contribution is -0.135. The van der Waals surface area contributed by atoms with E-state index < -0.39 is 17.0 Å². The molecule has 1 rings (SSSR count). The highest BCUT2D eigenvalue weighted by atomic mass is 32.2. The van der Waals surface area contributed by atoms with Crippen molar-refractivity contribution in [1.29, 1.82) is 0 Å². The first kappa shape index (κ1) is 29.1. The van der Waals surface area contributed by atoms with Gasteiger partial charge in [0.25, 0.3) is 0 Å². The molecule has 1 aromatic carbocycles. The van der Waals surface area contributed by atoms with Crippen LogP contribution in [0, 0.1) is 0 Å². The molecule has 0 amide bonds. The number of hydrogen-bond donors (Lipinski definition) is 2. The number of ether oxygens (including phenoxy) is 1. The number of carboxylic acid groups (broad SMARTS) is 1. The van der Waals surface area contributed by atoms with Crippen LogP contribution < -0.4 is 4.72 Å². The zero-order valence-corrected chi connectivity index (χ0v) is 21.3. The van der Waals surface area contributed by atoms with Crippen molar-refractivity contribution >= 4 is 29.1 Å². The molecule has 0 saturated heterocycles. The van der Waals surface area contributed by atoms with Crippen molar-refractivity contribution in [2.75, 3.05) is 6.54 Å². The van der Waals surface area contributed by atoms with Gasteiger partial charge in [0.05, 0.1) is 0 Å². The van der Waals surface area contributed by atoms with Crippen LogP contribution in [0.3, 0.4) is 0 Å². The SMILES string of the molecule is C=Cc1ccc(COC(/C=C\CC/C=C\C(=C/CCC)S(=O)NCC(=O)O)=C/C)cc1/C=C\C. The maximum atomic E-state index is 12.3. The number of benzene rings is 1. The second kappa shape index (κ2) is 17.5. The molecular formula is C28H37NO4S. The number of rotatable bonds is 16. The molecule has 0 aromatic heterocycles. The summed E-state index contributed by atoms with van der Waals surface area (Å²) in [4.78, 5) is 11.3. The van der Waals surface area contributed by atoms with Gasteiger partial charge in [-0.15, -0.1) is 0 Å². The molecule has 6 heteroatoms. The number of unbranched alkanes of at least 4 members (excludes halogenated alkanes) is 2. The Morgan fingerprint density at radius 2 is 1.88 bits per heavy atom. The fraction of sp³-hybridized carbons (Fsp3) is 0.321.